The van der Waals surface area contributed by atoms with Gasteiger partial charge in [-0.15, -0.1) is 22.7 Å². The van der Waals surface area contributed by atoms with Crippen LogP contribution in [0.5, 0.6) is 23.0 Å². The van der Waals surface area contributed by atoms with E-state index in [0.717, 1.165) is 83.6 Å². The second-order valence-corrected chi connectivity index (χ2v) is 32.8. The molecule has 0 fully saturated rings. The third kappa shape index (κ3) is 32.5. The fourth-order valence-electron chi connectivity index (χ4n) is 7.67. The van der Waals surface area contributed by atoms with Crippen molar-refractivity contribution < 1.29 is 18.9 Å². The SMILES string of the molecule is CC(C)(C)C.CC(C)(C)C.CC(C)(C)C.CC(C)(C)C.CC(C)(C)c1ccc2scnc2c1.C[C@@H]1Cc2ccccc2O1.C[C@H]1Cc2ccccc2O1.Cc1nc2cc(C(C)(C)C)ccc2s1.c1ccc2c(c1)CCO2.c1cnc2c(c1)OCC2. The van der Waals surface area contributed by atoms with E-state index in [9.17, 15) is 0 Å². The van der Waals surface area contributed by atoms with Crippen molar-refractivity contribution in [1.82, 2.24) is 15.0 Å². The van der Waals surface area contributed by atoms with Gasteiger partial charge in [0.2, 0.25) is 0 Å². The molecule has 7 nitrogen and oxygen atoms in total. The quantitative estimate of drug-likeness (QED) is 0.150. The molecular formula is C76H111N3O4S2. The lowest BCUT2D eigenvalue weighted by Gasteiger charge is -2.18. The number of nitrogens with zero attached hydrogens (tertiary/aromatic N) is 3. The summed E-state index contributed by atoms with van der Waals surface area (Å²) in [6.07, 6.45) is 6.72. The first-order valence-corrected chi connectivity index (χ1v) is 32.4. The molecule has 0 amide bonds. The number of benzene rings is 5. The number of pyridine rings is 1. The highest BCUT2D eigenvalue weighted by Crippen LogP contribution is 2.31. The number of hydrogen-bond donors (Lipinski definition) is 0. The second-order valence-electron chi connectivity index (χ2n) is 30.7. The van der Waals surface area contributed by atoms with Crippen LogP contribution in [0.3, 0.4) is 0 Å². The lowest BCUT2D eigenvalue weighted by atomic mass is 9.87. The van der Waals surface area contributed by atoms with Crippen LogP contribution in [0.4, 0.5) is 0 Å². The topological polar surface area (TPSA) is 75.6 Å². The summed E-state index contributed by atoms with van der Waals surface area (Å²) in [7, 11) is 0. The minimum absolute atomic E-state index is 0.214. The van der Waals surface area contributed by atoms with Gasteiger partial charge in [0.25, 0.3) is 0 Å². The van der Waals surface area contributed by atoms with Crippen LogP contribution < -0.4 is 18.9 Å². The van der Waals surface area contributed by atoms with Crippen LogP contribution in [0.2, 0.25) is 0 Å². The summed E-state index contributed by atoms with van der Waals surface area (Å²) in [6, 6.07) is 41.6. The van der Waals surface area contributed by atoms with Gasteiger partial charge in [-0.25, -0.2) is 9.97 Å². The Morgan fingerprint density at radius 2 is 0.824 bits per heavy atom. The van der Waals surface area contributed by atoms with Crippen LogP contribution in [0.1, 0.15) is 205 Å². The van der Waals surface area contributed by atoms with E-state index in [1.54, 1.807) is 28.9 Å². The molecule has 4 aliphatic rings. The first-order valence-electron chi connectivity index (χ1n) is 30.7. The molecule has 85 heavy (non-hydrogen) atoms. The maximum atomic E-state index is 5.51. The molecule has 4 aliphatic heterocycles. The van der Waals surface area contributed by atoms with E-state index in [0.29, 0.717) is 33.9 Å². The Bertz CT molecular complexity index is 2910. The summed E-state index contributed by atoms with van der Waals surface area (Å²) < 4.78 is 24.1. The zero-order valence-corrected chi connectivity index (χ0v) is 59.0. The van der Waals surface area contributed by atoms with Crippen LogP contribution in [0.15, 0.2) is 133 Å². The van der Waals surface area contributed by atoms with Crippen LogP contribution in [0, 0.1) is 28.6 Å². The molecule has 0 aliphatic carbocycles. The third-order valence-corrected chi connectivity index (χ3v) is 13.0. The van der Waals surface area contributed by atoms with E-state index in [4.69, 9.17) is 18.9 Å². The Hall–Kier alpha value is -5.77. The van der Waals surface area contributed by atoms with Crippen molar-refractivity contribution in [2.24, 2.45) is 21.7 Å². The van der Waals surface area contributed by atoms with E-state index in [-0.39, 0.29) is 10.8 Å². The number of hydrogen-bond acceptors (Lipinski definition) is 9. The summed E-state index contributed by atoms with van der Waals surface area (Å²) >= 11 is 3.46. The number of rotatable bonds is 0. The van der Waals surface area contributed by atoms with Gasteiger partial charge >= 0.3 is 0 Å². The fraction of sp³-hybridized carbons (Fsp3) is 0.513. The number of para-hydroxylation sites is 3. The van der Waals surface area contributed by atoms with Crippen molar-refractivity contribution in [2.75, 3.05) is 13.2 Å². The van der Waals surface area contributed by atoms with Gasteiger partial charge in [-0.2, -0.15) is 0 Å². The molecule has 466 valence electrons. The molecule has 7 heterocycles. The number of aromatic nitrogens is 3. The number of fused-ring (bicyclic) bond motifs is 6. The van der Waals surface area contributed by atoms with E-state index < -0.39 is 0 Å². The summed E-state index contributed by atoms with van der Waals surface area (Å²) in [6.45, 7) is 56.3. The average Bonchev–Trinajstić information content (AvgIpc) is 4.39. The van der Waals surface area contributed by atoms with Gasteiger partial charge in [0.1, 0.15) is 35.2 Å². The maximum absolute atomic E-state index is 5.51. The van der Waals surface area contributed by atoms with Crippen molar-refractivity contribution in [1.29, 1.82) is 0 Å². The van der Waals surface area contributed by atoms with Crippen molar-refractivity contribution in [3.05, 3.63) is 172 Å². The minimum atomic E-state index is 0.214. The summed E-state index contributed by atoms with van der Waals surface area (Å²) in [5.41, 5.74) is 14.4. The Morgan fingerprint density at radius 1 is 0.424 bits per heavy atom. The summed E-state index contributed by atoms with van der Waals surface area (Å²) in [5.74, 6) is 4.15. The van der Waals surface area contributed by atoms with Crippen molar-refractivity contribution >= 4 is 43.1 Å². The average molecular weight is 1190 g/mol. The molecule has 0 unspecified atom stereocenters. The van der Waals surface area contributed by atoms with Crippen molar-refractivity contribution in [2.45, 2.75) is 222 Å². The highest BCUT2D eigenvalue weighted by Gasteiger charge is 2.19. The highest BCUT2D eigenvalue weighted by atomic mass is 32.1. The molecule has 9 heteroatoms. The normalized spacial score (nSPS) is 15.0. The Kier molecular flexibility index (Phi) is 28.9. The van der Waals surface area contributed by atoms with Gasteiger partial charge in [-0.1, -0.05) is 219 Å². The first-order chi connectivity index (χ1) is 39.2. The molecule has 2 atom stereocenters. The highest BCUT2D eigenvalue weighted by molar-refractivity contribution is 7.18. The molecule has 0 saturated heterocycles. The number of ether oxygens (including phenoxy) is 4. The molecule has 0 radical (unpaired) electrons. The molecule has 0 saturated carbocycles. The fourth-order valence-corrected chi connectivity index (χ4v) is 9.13. The van der Waals surface area contributed by atoms with Crippen LogP contribution >= 0.6 is 22.7 Å². The lowest BCUT2D eigenvalue weighted by Crippen LogP contribution is -2.10. The van der Waals surface area contributed by atoms with E-state index >= 15 is 0 Å². The molecule has 8 aromatic rings. The molecule has 0 N–H and O–H groups in total. The van der Waals surface area contributed by atoms with E-state index in [1.807, 2.05) is 60.1 Å². The molecule has 3 aromatic heterocycles. The minimum Gasteiger partial charge on any atom is -0.493 e. The van der Waals surface area contributed by atoms with Gasteiger partial charge in [-0.05, 0) is 136 Å². The van der Waals surface area contributed by atoms with Gasteiger partial charge in [0.15, 0.2) is 0 Å². The first kappa shape index (κ1) is 73.5. The Balaban J connectivity index is 0.000000253. The van der Waals surface area contributed by atoms with Crippen LogP contribution in [-0.4, -0.2) is 40.4 Å². The number of aryl methyl sites for hydroxylation is 1. The van der Waals surface area contributed by atoms with Crippen molar-refractivity contribution in [3.63, 3.8) is 0 Å². The second kappa shape index (κ2) is 33.4. The van der Waals surface area contributed by atoms with E-state index in [1.165, 1.54) is 37.2 Å². The molecule has 0 spiro atoms. The van der Waals surface area contributed by atoms with E-state index in [2.05, 4.69) is 255 Å². The summed E-state index contributed by atoms with van der Waals surface area (Å²) in [4.78, 5) is 13.0. The predicted octanol–water partition coefficient (Wildman–Crippen LogP) is 22.4. The molecule has 5 aromatic carbocycles. The molecule has 12 rings (SSSR count). The standard InChI is InChI=1S/C12H15NS.C11H13NS.2C9H10O.C8H8O.C7H7NO.4C5H12/c1-8-13-10-7-9(12(2,3)4)5-6-11(10)14-8;1-11(2,3)8-4-5-10-9(6-8)12-7-13-10;2*1-7-6-8-4-2-3-5-9(8)10-7;1-2-4-8-7(3-1)5-6-9-8;1-2-7-6(8-4-1)3-5-9-7;4*1-5(2,3)4/h5-7H,1-4H3;4-7H,1-3H3;2*2-5,7H,6H2,1H3;1-4H,5-6H2;1-2,4H,3,5H2;4*1-4H3/t;;2*7-;;;;;;/m..10....../s1. The Labute approximate surface area is 525 Å². The van der Waals surface area contributed by atoms with Gasteiger partial charge in [-0.3, -0.25) is 4.98 Å². The largest absolute Gasteiger partial charge is 0.493 e. The smallest absolute Gasteiger partial charge is 0.140 e. The lowest BCUT2D eigenvalue weighted by molar-refractivity contribution is 0.254. The number of thiazole rings is 2. The molecule has 0 bridgehead atoms. The van der Waals surface area contributed by atoms with Gasteiger partial charge < -0.3 is 18.9 Å². The zero-order chi connectivity index (χ0) is 64.0. The van der Waals surface area contributed by atoms with Crippen LogP contribution in [-0.2, 0) is 36.5 Å². The van der Waals surface area contributed by atoms with Gasteiger partial charge in [0, 0.05) is 31.9 Å². The molecular weight excluding hydrogens is 1080 g/mol. The van der Waals surface area contributed by atoms with Crippen LogP contribution in [0.25, 0.3) is 20.4 Å². The van der Waals surface area contributed by atoms with Gasteiger partial charge in [0.05, 0.1) is 49.9 Å². The Morgan fingerprint density at radius 3 is 1.27 bits per heavy atom. The third-order valence-electron chi connectivity index (χ3n) is 11.2. The zero-order valence-electron chi connectivity index (χ0n) is 57.4. The summed E-state index contributed by atoms with van der Waals surface area (Å²) in [5, 5.41) is 1.14. The predicted molar refractivity (Wildman–Crippen MR) is 371 cm³/mol. The van der Waals surface area contributed by atoms with Crippen molar-refractivity contribution in [3.8, 4) is 23.0 Å². The monoisotopic (exact) mass is 1190 g/mol. The maximum Gasteiger partial charge on any atom is 0.140 e.